The van der Waals surface area contributed by atoms with Crippen LogP contribution in [0.4, 0.5) is 0 Å². The molecular formula is C11H20N2S. The van der Waals surface area contributed by atoms with E-state index in [1.807, 2.05) is 18.4 Å². The van der Waals surface area contributed by atoms with Crippen molar-refractivity contribution in [3.8, 4) is 0 Å². The van der Waals surface area contributed by atoms with Crippen molar-refractivity contribution in [3.63, 3.8) is 0 Å². The minimum atomic E-state index is 1.10. The molecule has 0 saturated heterocycles. The summed E-state index contributed by atoms with van der Waals surface area (Å²) in [7, 11) is 2.00. The summed E-state index contributed by atoms with van der Waals surface area (Å²) in [5.41, 5.74) is 1.44. The Hall–Kier alpha value is -0.380. The first-order chi connectivity index (χ1) is 6.84. The van der Waals surface area contributed by atoms with Gasteiger partial charge in [-0.2, -0.15) is 0 Å². The van der Waals surface area contributed by atoms with E-state index in [0.717, 1.165) is 19.6 Å². The van der Waals surface area contributed by atoms with Crippen molar-refractivity contribution in [1.29, 1.82) is 0 Å². The van der Waals surface area contributed by atoms with E-state index >= 15 is 0 Å². The SMILES string of the molecule is CNCCCNCCc1sccc1C. The Kier molecular flexibility index (Phi) is 5.83. The second kappa shape index (κ2) is 6.98. The summed E-state index contributed by atoms with van der Waals surface area (Å²) in [6, 6.07) is 2.20. The number of rotatable bonds is 7. The van der Waals surface area contributed by atoms with Crippen LogP contribution in [0, 0.1) is 6.92 Å². The quantitative estimate of drug-likeness (QED) is 0.674. The van der Waals surface area contributed by atoms with Gasteiger partial charge in [-0.25, -0.2) is 0 Å². The Morgan fingerprint density at radius 3 is 2.79 bits per heavy atom. The Morgan fingerprint density at radius 2 is 2.14 bits per heavy atom. The van der Waals surface area contributed by atoms with Crippen LogP contribution < -0.4 is 10.6 Å². The minimum absolute atomic E-state index is 1.10. The highest BCUT2D eigenvalue weighted by Crippen LogP contribution is 2.15. The lowest BCUT2D eigenvalue weighted by Crippen LogP contribution is -2.21. The van der Waals surface area contributed by atoms with Crippen LogP contribution in [0.15, 0.2) is 11.4 Å². The topological polar surface area (TPSA) is 24.1 Å². The maximum atomic E-state index is 3.45. The van der Waals surface area contributed by atoms with Crippen molar-refractivity contribution >= 4 is 11.3 Å². The number of nitrogens with one attached hydrogen (secondary N) is 2. The molecule has 0 aliphatic carbocycles. The lowest BCUT2D eigenvalue weighted by atomic mass is 10.2. The molecule has 0 aromatic carbocycles. The Bertz CT molecular complexity index is 245. The molecule has 0 saturated carbocycles. The van der Waals surface area contributed by atoms with E-state index in [0.29, 0.717) is 0 Å². The van der Waals surface area contributed by atoms with Gasteiger partial charge in [-0.05, 0) is 63.5 Å². The van der Waals surface area contributed by atoms with Crippen molar-refractivity contribution in [1.82, 2.24) is 10.6 Å². The highest BCUT2D eigenvalue weighted by molar-refractivity contribution is 7.10. The molecule has 0 spiro atoms. The fraction of sp³-hybridized carbons (Fsp3) is 0.636. The lowest BCUT2D eigenvalue weighted by molar-refractivity contribution is 0.626. The van der Waals surface area contributed by atoms with Crippen LogP contribution in [0.5, 0.6) is 0 Å². The van der Waals surface area contributed by atoms with Gasteiger partial charge in [-0.1, -0.05) is 0 Å². The van der Waals surface area contributed by atoms with E-state index in [-0.39, 0.29) is 0 Å². The molecular weight excluding hydrogens is 192 g/mol. The third kappa shape index (κ3) is 4.22. The van der Waals surface area contributed by atoms with Gasteiger partial charge in [0.25, 0.3) is 0 Å². The Labute approximate surface area is 90.7 Å². The molecule has 0 aliphatic rings. The van der Waals surface area contributed by atoms with E-state index in [9.17, 15) is 0 Å². The summed E-state index contributed by atoms with van der Waals surface area (Å²) in [6.45, 7) is 5.51. The predicted octanol–water partition coefficient (Wildman–Crippen LogP) is 1.80. The molecule has 0 bridgehead atoms. The van der Waals surface area contributed by atoms with E-state index < -0.39 is 0 Å². The first kappa shape index (κ1) is 11.7. The van der Waals surface area contributed by atoms with Gasteiger partial charge in [-0.3, -0.25) is 0 Å². The van der Waals surface area contributed by atoms with Gasteiger partial charge in [0, 0.05) is 4.88 Å². The van der Waals surface area contributed by atoms with Crippen LogP contribution in [0.3, 0.4) is 0 Å². The number of thiophene rings is 1. The fourth-order valence-corrected chi connectivity index (χ4v) is 2.29. The first-order valence-electron chi connectivity index (χ1n) is 5.23. The monoisotopic (exact) mass is 212 g/mol. The zero-order chi connectivity index (χ0) is 10.2. The third-order valence-electron chi connectivity index (χ3n) is 2.28. The van der Waals surface area contributed by atoms with E-state index in [1.54, 1.807) is 0 Å². The van der Waals surface area contributed by atoms with Gasteiger partial charge in [0.15, 0.2) is 0 Å². The van der Waals surface area contributed by atoms with Crippen LogP contribution >= 0.6 is 11.3 Å². The standard InChI is InChI=1S/C11H20N2S/c1-10-5-9-14-11(10)4-8-13-7-3-6-12-2/h5,9,12-13H,3-4,6-8H2,1-2H3. The molecule has 1 rings (SSSR count). The smallest absolute Gasteiger partial charge is 0.00870 e. The second-order valence-corrected chi connectivity index (χ2v) is 4.48. The molecule has 0 radical (unpaired) electrons. The van der Waals surface area contributed by atoms with E-state index in [1.165, 1.54) is 23.3 Å². The molecule has 1 aromatic heterocycles. The zero-order valence-electron chi connectivity index (χ0n) is 9.10. The van der Waals surface area contributed by atoms with Gasteiger partial charge in [-0.15, -0.1) is 11.3 Å². The first-order valence-corrected chi connectivity index (χ1v) is 6.11. The molecule has 14 heavy (non-hydrogen) atoms. The molecule has 0 amide bonds. The highest BCUT2D eigenvalue weighted by Gasteiger charge is 1.98. The average Bonchev–Trinajstić information content (AvgIpc) is 2.58. The van der Waals surface area contributed by atoms with Crippen LogP contribution in [0.25, 0.3) is 0 Å². The summed E-state index contributed by atoms with van der Waals surface area (Å²) in [4.78, 5) is 1.52. The van der Waals surface area contributed by atoms with Crippen LogP contribution in [0.2, 0.25) is 0 Å². The van der Waals surface area contributed by atoms with Crippen LogP contribution in [-0.2, 0) is 6.42 Å². The average molecular weight is 212 g/mol. The van der Waals surface area contributed by atoms with Crippen LogP contribution in [0.1, 0.15) is 16.9 Å². The summed E-state index contributed by atoms with van der Waals surface area (Å²) < 4.78 is 0. The zero-order valence-corrected chi connectivity index (χ0v) is 9.91. The number of hydrogen-bond acceptors (Lipinski definition) is 3. The van der Waals surface area contributed by atoms with Crippen LogP contribution in [-0.4, -0.2) is 26.7 Å². The number of aryl methyl sites for hydroxylation is 1. The van der Waals surface area contributed by atoms with Crippen molar-refractivity contribution in [2.75, 3.05) is 26.7 Å². The van der Waals surface area contributed by atoms with Crippen molar-refractivity contribution < 1.29 is 0 Å². The van der Waals surface area contributed by atoms with Gasteiger partial charge >= 0.3 is 0 Å². The van der Waals surface area contributed by atoms with Gasteiger partial charge < -0.3 is 10.6 Å². The molecule has 0 fully saturated rings. The molecule has 1 heterocycles. The highest BCUT2D eigenvalue weighted by atomic mass is 32.1. The molecule has 0 unspecified atom stereocenters. The summed E-state index contributed by atoms with van der Waals surface area (Å²) in [5, 5.41) is 8.77. The maximum absolute atomic E-state index is 3.45. The van der Waals surface area contributed by atoms with E-state index in [2.05, 4.69) is 29.0 Å². The minimum Gasteiger partial charge on any atom is -0.320 e. The molecule has 80 valence electrons. The predicted molar refractivity (Wildman–Crippen MR) is 64.2 cm³/mol. The van der Waals surface area contributed by atoms with Crippen molar-refractivity contribution in [2.24, 2.45) is 0 Å². The summed E-state index contributed by atoms with van der Waals surface area (Å²) in [5.74, 6) is 0. The normalized spacial score (nSPS) is 10.7. The van der Waals surface area contributed by atoms with Gasteiger partial charge in [0.1, 0.15) is 0 Å². The number of hydrogen-bond donors (Lipinski definition) is 2. The molecule has 2 N–H and O–H groups in total. The van der Waals surface area contributed by atoms with E-state index in [4.69, 9.17) is 0 Å². The molecule has 3 heteroatoms. The second-order valence-electron chi connectivity index (χ2n) is 3.48. The molecule has 2 nitrogen and oxygen atoms in total. The Morgan fingerprint density at radius 1 is 1.29 bits per heavy atom. The summed E-state index contributed by atoms with van der Waals surface area (Å²) >= 11 is 1.87. The van der Waals surface area contributed by atoms with Crippen molar-refractivity contribution in [2.45, 2.75) is 19.8 Å². The van der Waals surface area contributed by atoms with Gasteiger partial charge in [0.2, 0.25) is 0 Å². The largest absolute Gasteiger partial charge is 0.320 e. The van der Waals surface area contributed by atoms with Crippen molar-refractivity contribution in [3.05, 3.63) is 21.9 Å². The summed E-state index contributed by atoms with van der Waals surface area (Å²) in [6.07, 6.45) is 2.38. The Balaban J connectivity index is 2.02. The fourth-order valence-electron chi connectivity index (χ4n) is 1.38. The molecule has 0 atom stereocenters. The maximum Gasteiger partial charge on any atom is 0.00870 e. The van der Waals surface area contributed by atoms with Gasteiger partial charge in [0.05, 0.1) is 0 Å². The molecule has 0 aliphatic heterocycles. The molecule has 1 aromatic rings. The third-order valence-corrected chi connectivity index (χ3v) is 3.36. The lowest BCUT2D eigenvalue weighted by Gasteiger charge is -2.03.